The fraction of sp³-hybridized carbons (Fsp3) is 0.562. The van der Waals surface area contributed by atoms with Gasteiger partial charge in [0.25, 0.3) is 0 Å². The second-order valence-electron chi connectivity index (χ2n) is 4.55. The lowest BCUT2D eigenvalue weighted by molar-refractivity contribution is -0.145. The van der Waals surface area contributed by atoms with Crippen molar-refractivity contribution in [1.29, 1.82) is 0 Å². The van der Waals surface area contributed by atoms with E-state index in [9.17, 15) is 4.79 Å². The molecule has 1 N–H and O–H groups in total. The lowest BCUT2D eigenvalue weighted by Gasteiger charge is -2.18. The van der Waals surface area contributed by atoms with E-state index < -0.39 is 6.04 Å². The summed E-state index contributed by atoms with van der Waals surface area (Å²) in [6.07, 6.45) is 0.964. The third kappa shape index (κ3) is 6.14. The van der Waals surface area contributed by atoms with Crippen LogP contribution < -0.4 is 10.1 Å². The number of nitrogens with one attached hydrogen (secondary N) is 1. The van der Waals surface area contributed by atoms with Crippen LogP contribution in [0, 0.1) is 0 Å². The van der Waals surface area contributed by atoms with Gasteiger partial charge in [-0.25, -0.2) is 4.79 Å². The van der Waals surface area contributed by atoms with E-state index in [1.165, 1.54) is 0 Å². The van der Waals surface area contributed by atoms with Crippen LogP contribution in [-0.4, -0.2) is 39.4 Å². The molecule has 0 saturated heterocycles. The Morgan fingerprint density at radius 2 is 1.90 bits per heavy atom. The van der Waals surface area contributed by atoms with E-state index in [0.717, 1.165) is 17.7 Å². The van der Waals surface area contributed by atoms with Crippen LogP contribution in [0.4, 0.5) is 0 Å². The van der Waals surface area contributed by atoms with Crippen molar-refractivity contribution < 1.29 is 19.0 Å². The van der Waals surface area contributed by atoms with Gasteiger partial charge in [0.15, 0.2) is 0 Å². The van der Waals surface area contributed by atoms with Crippen molar-refractivity contribution in [2.75, 3.05) is 33.5 Å². The van der Waals surface area contributed by atoms with Gasteiger partial charge in [0, 0.05) is 13.7 Å². The molecule has 1 unspecified atom stereocenters. The van der Waals surface area contributed by atoms with Crippen molar-refractivity contribution in [3.05, 3.63) is 29.8 Å². The third-order valence-electron chi connectivity index (χ3n) is 2.86. The quantitative estimate of drug-likeness (QED) is 0.530. The van der Waals surface area contributed by atoms with E-state index in [0.29, 0.717) is 26.4 Å². The second kappa shape index (κ2) is 10.2. The van der Waals surface area contributed by atoms with Crippen molar-refractivity contribution in [3.63, 3.8) is 0 Å². The number of hydrogen-bond donors (Lipinski definition) is 1. The molecule has 5 nitrogen and oxygen atoms in total. The van der Waals surface area contributed by atoms with E-state index in [-0.39, 0.29) is 5.97 Å². The predicted molar refractivity (Wildman–Crippen MR) is 81.5 cm³/mol. The Bertz CT molecular complexity index is 405. The molecule has 0 heterocycles. The number of ether oxygens (including phenoxy) is 3. The van der Waals surface area contributed by atoms with Crippen LogP contribution in [0.25, 0.3) is 0 Å². The van der Waals surface area contributed by atoms with Crippen molar-refractivity contribution in [2.45, 2.75) is 26.3 Å². The summed E-state index contributed by atoms with van der Waals surface area (Å²) in [5.74, 6) is 0.524. The number of hydrogen-bond acceptors (Lipinski definition) is 5. The fourth-order valence-electron chi connectivity index (χ4n) is 1.84. The van der Waals surface area contributed by atoms with E-state index >= 15 is 0 Å². The summed E-state index contributed by atoms with van der Waals surface area (Å²) in [5.41, 5.74) is 0.855. The second-order valence-corrected chi connectivity index (χ2v) is 4.55. The fourth-order valence-corrected chi connectivity index (χ4v) is 1.84. The monoisotopic (exact) mass is 295 g/mol. The molecule has 0 amide bonds. The van der Waals surface area contributed by atoms with Gasteiger partial charge in [-0.15, -0.1) is 0 Å². The van der Waals surface area contributed by atoms with Gasteiger partial charge in [0.05, 0.1) is 19.8 Å². The number of benzene rings is 1. The van der Waals surface area contributed by atoms with Gasteiger partial charge in [-0.3, -0.25) is 5.32 Å². The van der Waals surface area contributed by atoms with Crippen LogP contribution >= 0.6 is 0 Å². The molecule has 0 aliphatic rings. The van der Waals surface area contributed by atoms with Crippen molar-refractivity contribution in [2.24, 2.45) is 0 Å². The van der Waals surface area contributed by atoms with Gasteiger partial charge < -0.3 is 14.2 Å². The molecular formula is C16H25NO4. The topological polar surface area (TPSA) is 56.8 Å². The van der Waals surface area contributed by atoms with Crippen LogP contribution in [0.2, 0.25) is 0 Å². The summed E-state index contributed by atoms with van der Waals surface area (Å²) < 4.78 is 15.6. The molecule has 0 saturated carbocycles. The van der Waals surface area contributed by atoms with E-state index in [1.54, 1.807) is 14.0 Å². The van der Waals surface area contributed by atoms with E-state index in [4.69, 9.17) is 14.2 Å². The van der Waals surface area contributed by atoms with Crippen LogP contribution in [0.15, 0.2) is 24.3 Å². The highest BCUT2D eigenvalue weighted by molar-refractivity contribution is 5.77. The molecule has 0 aromatic heterocycles. The van der Waals surface area contributed by atoms with Gasteiger partial charge in [-0.05, 0) is 31.0 Å². The third-order valence-corrected chi connectivity index (χ3v) is 2.86. The molecule has 118 valence electrons. The number of carbonyl (C=O) groups excluding carboxylic acids is 1. The summed E-state index contributed by atoms with van der Waals surface area (Å²) in [6, 6.07) is 7.02. The number of esters is 1. The Morgan fingerprint density at radius 3 is 2.48 bits per heavy atom. The van der Waals surface area contributed by atoms with Gasteiger partial charge in [0.2, 0.25) is 0 Å². The minimum absolute atomic E-state index is 0.282. The van der Waals surface area contributed by atoms with Crippen molar-refractivity contribution >= 4 is 5.97 Å². The van der Waals surface area contributed by atoms with Crippen molar-refractivity contribution in [3.8, 4) is 5.75 Å². The smallest absolute Gasteiger partial charge is 0.327 e. The first-order valence-electron chi connectivity index (χ1n) is 7.34. The highest BCUT2D eigenvalue weighted by Crippen LogP contribution is 2.19. The molecule has 1 rings (SSSR count). The number of carbonyl (C=O) groups is 1. The first-order valence-corrected chi connectivity index (χ1v) is 7.34. The lowest BCUT2D eigenvalue weighted by atomic mass is 10.1. The maximum absolute atomic E-state index is 12.0. The minimum atomic E-state index is -0.486. The Hall–Kier alpha value is -1.59. The summed E-state index contributed by atoms with van der Waals surface area (Å²) in [4.78, 5) is 12.0. The molecule has 0 aliphatic heterocycles. The normalized spacial score (nSPS) is 12.0. The predicted octanol–water partition coefficient (Wildman–Crippen LogP) is 2.32. The van der Waals surface area contributed by atoms with Crippen molar-refractivity contribution in [1.82, 2.24) is 5.32 Å². The van der Waals surface area contributed by atoms with Gasteiger partial charge in [-0.2, -0.15) is 0 Å². The van der Waals surface area contributed by atoms with Gasteiger partial charge >= 0.3 is 5.97 Å². The minimum Gasteiger partial charge on any atom is -0.494 e. The molecule has 21 heavy (non-hydrogen) atoms. The highest BCUT2D eigenvalue weighted by atomic mass is 16.5. The molecule has 1 atom stereocenters. The maximum Gasteiger partial charge on any atom is 0.327 e. The molecule has 0 spiro atoms. The van der Waals surface area contributed by atoms with Crippen LogP contribution in [0.5, 0.6) is 5.75 Å². The summed E-state index contributed by atoms with van der Waals surface area (Å²) in [6.45, 7) is 6.02. The van der Waals surface area contributed by atoms with Gasteiger partial charge in [0.1, 0.15) is 11.8 Å². The zero-order valence-corrected chi connectivity index (χ0v) is 13.1. The summed E-state index contributed by atoms with van der Waals surface area (Å²) >= 11 is 0. The standard InChI is InChI=1S/C16H25NO4/c1-4-11-21-14-8-6-13(7-9-14)15(16(18)20-5-2)17-10-12-19-3/h6-9,15,17H,4-5,10-12H2,1-3H3. The van der Waals surface area contributed by atoms with Crippen LogP contribution in [0.3, 0.4) is 0 Å². The molecule has 5 heteroatoms. The molecule has 0 radical (unpaired) electrons. The number of methoxy groups -OCH3 is 1. The average molecular weight is 295 g/mol. The summed E-state index contributed by atoms with van der Waals surface area (Å²) in [5, 5.41) is 3.14. The largest absolute Gasteiger partial charge is 0.494 e. The summed E-state index contributed by atoms with van der Waals surface area (Å²) in [7, 11) is 1.63. The molecule has 0 bridgehead atoms. The molecular weight excluding hydrogens is 270 g/mol. The Morgan fingerprint density at radius 1 is 1.19 bits per heavy atom. The Kier molecular flexibility index (Phi) is 8.47. The first-order chi connectivity index (χ1) is 10.2. The highest BCUT2D eigenvalue weighted by Gasteiger charge is 2.21. The Labute approximate surface area is 126 Å². The maximum atomic E-state index is 12.0. The average Bonchev–Trinajstić information content (AvgIpc) is 2.50. The zero-order chi connectivity index (χ0) is 15.5. The SMILES string of the molecule is CCCOc1ccc(C(NCCOC)C(=O)OCC)cc1. The first kappa shape index (κ1) is 17.5. The van der Waals surface area contributed by atoms with Crippen LogP contribution in [-0.2, 0) is 14.3 Å². The lowest BCUT2D eigenvalue weighted by Crippen LogP contribution is -2.32. The molecule has 0 fully saturated rings. The van der Waals surface area contributed by atoms with Crippen LogP contribution in [0.1, 0.15) is 31.9 Å². The Balaban J connectivity index is 2.73. The number of rotatable bonds is 10. The molecule has 0 aliphatic carbocycles. The molecule has 1 aromatic rings. The zero-order valence-electron chi connectivity index (χ0n) is 13.1. The van der Waals surface area contributed by atoms with E-state index in [2.05, 4.69) is 12.2 Å². The molecule has 1 aromatic carbocycles. The van der Waals surface area contributed by atoms with Gasteiger partial charge in [-0.1, -0.05) is 19.1 Å². The van der Waals surface area contributed by atoms with E-state index in [1.807, 2.05) is 24.3 Å².